The molecule has 0 bridgehead atoms. The van der Waals surface area contributed by atoms with Crippen molar-refractivity contribution in [2.24, 2.45) is 5.92 Å². The zero-order valence-corrected chi connectivity index (χ0v) is 11.7. The van der Waals surface area contributed by atoms with Crippen molar-refractivity contribution in [1.82, 2.24) is 10.2 Å². The first-order valence-electron chi connectivity index (χ1n) is 7.43. The summed E-state index contributed by atoms with van der Waals surface area (Å²) in [6, 6.07) is 0. The van der Waals surface area contributed by atoms with Crippen LogP contribution in [-0.2, 0) is 9.47 Å². The lowest BCUT2D eigenvalue weighted by molar-refractivity contribution is 0.0117. The molecule has 2 saturated heterocycles. The largest absolute Gasteiger partial charge is 0.381 e. The smallest absolute Gasteiger partial charge is 0.0600 e. The summed E-state index contributed by atoms with van der Waals surface area (Å²) in [6.45, 7) is 7.18. The van der Waals surface area contributed by atoms with Crippen molar-refractivity contribution in [1.29, 1.82) is 0 Å². The van der Waals surface area contributed by atoms with Crippen LogP contribution in [0.3, 0.4) is 0 Å². The third-order valence-electron chi connectivity index (χ3n) is 3.94. The lowest BCUT2D eigenvalue weighted by Gasteiger charge is -2.28. The molecule has 0 aromatic heterocycles. The molecule has 2 fully saturated rings. The normalized spacial score (nSPS) is 26.7. The van der Waals surface area contributed by atoms with E-state index in [9.17, 15) is 0 Å². The fourth-order valence-electron chi connectivity index (χ4n) is 2.82. The highest BCUT2D eigenvalue weighted by Crippen LogP contribution is 2.14. The Labute approximate surface area is 111 Å². The highest BCUT2D eigenvalue weighted by atomic mass is 16.5. The Balaban J connectivity index is 1.52. The van der Waals surface area contributed by atoms with Crippen LogP contribution in [0, 0.1) is 5.92 Å². The number of likely N-dealkylation sites (N-methyl/N-ethyl adjacent to an activating group) is 1. The summed E-state index contributed by atoms with van der Waals surface area (Å²) in [7, 11) is 2.19. The Bertz CT molecular complexity index is 214. The minimum absolute atomic E-state index is 0.484. The fraction of sp³-hybridized carbons (Fsp3) is 1.00. The minimum Gasteiger partial charge on any atom is -0.381 e. The van der Waals surface area contributed by atoms with Gasteiger partial charge in [-0.3, -0.25) is 0 Å². The molecule has 2 aliphatic heterocycles. The zero-order chi connectivity index (χ0) is 12.6. The highest BCUT2D eigenvalue weighted by Gasteiger charge is 2.16. The van der Waals surface area contributed by atoms with E-state index in [1.807, 2.05) is 0 Å². The first kappa shape index (κ1) is 14.3. The van der Waals surface area contributed by atoms with Crippen LogP contribution in [0.1, 0.15) is 25.7 Å². The van der Waals surface area contributed by atoms with Gasteiger partial charge in [-0.1, -0.05) is 0 Å². The minimum atomic E-state index is 0.484. The number of rotatable bonds is 6. The van der Waals surface area contributed by atoms with Crippen molar-refractivity contribution in [2.75, 3.05) is 53.0 Å². The molecule has 0 amide bonds. The van der Waals surface area contributed by atoms with E-state index in [2.05, 4.69) is 17.3 Å². The molecule has 0 saturated carbocycles. The van der Waals surface area contributed by atoms with Gasteiger partial charge in [0.15, 0.2) is 0 Å². The second-order valence-corrected chi connectivity index (χ2v) is 5.67. The molecule has 0 aliphatic carbocycles. The van der Waals surface area contributed by atoms with Crippen LogP contribution >= 0.6 is 0 Å². The molecule has 1 unspecified atom stereocenters. The first-order valence-corrected chi connectivity index (χ1v) is 7.43. The van der Waals surface area contributed by atoms with Crippen molar-refractivity contribution in [2.45, 2.75) is 31.8 Å². The van der Waals surface area contributed by atoms with Gasteiger partial charge in [0.2, 0.25) is 0 Å². The van der Waals surface area contributed by atoms with Gasteiger partial charge in [-0.05, 0) is 51.7 Å². The van der Waals surface area contributed by atoms with Gasteiger partial charge in [0.1, 0.15) is 0 Å². The van der Waals surface area contributed by atoms with Crippen molar-refractivity contribution in [3.63, 3.8) is 0 Å². The van der Waals surface area contributed by atoms with Gasteiger partial charge in [0.05, 0.1) is 19.3 Å². The molecular formula is C14H28N2O2. The van der Waals surface area contributed by atoms with E-state index in [4.69, 9.17) is 9.47 Å². The second-order valence-electron chi connectivity index (χ2n) is 5.67. The third kappa shape index (κ3) is 5.22. The number of nitrogens with zero attached hydrogens (tertiary/aromatic N) is 1. The molecule has 0 aromatic rings. The van der Waals surface area contributed by atoms with Crippen molar-refractivity contribution in [3.05, 3.63) is 0 Å². The van der Waals surface area contributed by atoms with Crippen molar-refractivity contribution in [3.8, 4) is 0 Å². The molecule has 106 valence electrons. The Hall–Kier alpha value is -0.160. The third-order valence-corrected chi connectivity index (χ3v) is 3.94. The SMILES string of the molecule is CN(CCOC1CCNCC1)CC1CCCOC1. The molecular weight excluding hydrogens is 228 g/mol. The maximum absolute atomic E-state index is 5.93. The maximum Gasteiger partial charge on any atom is 0.0600 e. The molecule has 0 radical (unpaired) electrons. The molecule has 4 heteroatoms. The predicted molar refractivity (Wildman–Crippen MR) is 72.9 cm³/mol. The van der Waals surface area contributed by atoms with Gasteiger partial charge >= 0.3 is 0 Å². The summed E-state index contributed by atoms with van der Waals surface area (Å²) >= 11 is 0. The number of hydrogen-bond donors (Lipinski definition) is 1. The summed E-state index contributed by atoms with van der Waals surface area (Å²) in [6.07, 6.45) is 5.36. The van der Waals surface area contributed by atoms with Crippen LogP contribution in [0.4, 0.5) is 0 Å². The van der Waals surface area contributed by atoms with Crippen LogP contribution in [-0.4, -0.2) is 64.1 Å². The summed E-state index contributed by atoms with van der Waals surface area (Å²) in [5.74, 6) is 0.725. The molecule has 4 nitrogen and oxygen atoms in total. The molecule has 1 atom stereocenters. The number of nitrogens with one attached hydrogen (secondary N) is 1. The number of hydrogen-bond acceptors (Lipinski definition) is 4. The monoisotopic (exact) mass is 256 g/mol. The molecule has 18 heavy (non-hydrogen) atoms. The molecule has 0 aromatic carbocycles. The summed E-state index contributed by atoms with van der Waals surface area (Å²) < 4.78 is 11.4. The van der Waals surface area contributed by atoms with E-state index in [0.29, 0.717) is 6.10 Å². The lowest BCUT2D eigenvalue weighted by atomic mass is 10.0. The second kappa shape index (κ2) is 8.10. The van der Waals surface area contributed by atoms with Crippen molar-refractivity contribution < 1.29 is 9.47 Å². The van der Waals surface area contributed by atoms with E-state index < -0.39 is 0 Å². The Morgan fingerprint density at radius 1 is 1.28 bits per heavy atom. The van der Waals surface area contributed by atoms with E-state index in [-0.39, 0.29) is 0 Å². The van der Waals surface area contributed by atoms with Gasteiger partial charge in [-0.25, -0.2) is 0 Å². The highest BCUT2D eigenvalue weighted by molar-refractivity contribution is 4.69. The topological polar surface area (TPSA) is 33.7 Å². The van der Waals surface area contributed by atoms with Gasteiger partial charge in [0, 0.05) is 19.7 Å². The average molecular weight is 256 g/mol. The quantitative estimate of drug-likeness (QED) is 0.772. The van der Waals surface area contributed by atoms with E-state index in [0.717, 1.165) is 51.9 Å². The van der Waals surface area contributed by atoms with Crippen LogP contribution in [0.15, 0.2) is 0 Å². The van der Waals surface area contributed by atoms with E-state index in [1.165, 1.54) is 25.7 Å². The number of piperidine rings is 1. The molecule has 2 aliphatic rings. The maximum atomic E-state index is 5.93. The Kier molecular flexibility index (Phi) is 6.41. The van der Waals surface area contributed by atoms with Gasteiger partial charge in [-0.2, -0.15) is 0 Å². The molecule has 2 heterocycles. The van der Waals surface area contributed by atoms with E-state index in [1.54, 1.807) is 0 Å². The van der Waals surface area contributed by atoms with Crippen LogP contribution < -0.4 is 5.32 Å². The van der Waals surface area contributed by atoms with Crippen LogP contribution in [0.2, 0.25) is 0 Å². The number of ether oxygens (including phenoxy) is 2. The predicted octanol–water partition coefficient (Wildman–Crippen LogP) is 1.11. The standard InChI is InChI=1S/C14H28N2O2/c1-16(11-13-3-2-9-17-12-13)8-10-18-14-4-6-15-7-5-14/h13-15H,2-12H2,1H3. The Morgan fingerprint density at radius 2 is 2.11 bits per heavy atom. The summed E-state index contributed by atoms with van der Waals surface area (Å²) in [4.78, 5) is 2.39. The van der Waals surface area contributed by atoms with Crippen LogP contribution in [0.25, 0.3) is 0 Å². The zero-order valence-electron chi connectivity index (χ0n) is 11.7. The molecule has 2 rings (SSSR count). The molecule has 0 spiro atoms. The first-order chi connectivity index (χ1) is 8.84. The van der Waals surface area contributed by atoms with Crippen molar-refractivity contribution >= 4 is 0 Å². The average Bonchev–Trinajstić information content (AvgIpc) is 2.41. The Morgan fingerprint density at radius 3 is 2.83 bits per heavy atom. The molecule has 1 N–H and O–H groups in total. The fourth-order valence-corrected chi connectivity index (χ4v) is 2.82. The van der Waals surface area contributed by atoms with Crippen LogP contribution in [0.5, 0.6) is 0 Å². The summed E-state index contributed by atoms with van der Waals surface area (Å²) in [5, 5.41) is 3.36. The lowest BCUT2D eigenvalue weighted by Crippen LogP contribution is -2.36. The van der Waals surface area contributed by atoms with Gasteiger partial charge < -0.3 is 19.7 Å². The van der Waals surface area contributed by atoms with Gasteiger partial charge in [-0.15, -0.1) is 0 Å². The summed E-state index contributed by atoms with van der Waals surface area (Å²) in [5.41, 5.74) is 0. The van der Waals surface area contributed by atoms with E-state index >= 15 is 0 Å². The van der Waals surface area contributed by atoms with Gasteiger partial charge in [0.25, 0.3) is 0 Å².